The number of ether oxygens (including phenoxy) is 1. The van der Waals surface area contributed by atoms with Gasteiger partial charge in [-0.25, -0.2) is 4.98 Å². The summed E-state index contributed by atoms with van der Waals surface area (Å²) < 4.78 is 5.98. The second kappa shape index (κ2) is 6.94. The van der Waals surface area contributed by atoms with Crippen molar-refractivity contribution in [3.63, 3.8) is 0 Å². The molecule has 0 amide bonds. The number of imidazole rings is 1. The second-order valence-electron chi connectivity index (χ2n) is 5.91. The van der Waals surface area contributed by atoms with E-state index in [2.05, 4.69) is 14.9 Å². The number of rotatable bonds is 5. The quantitative estimate of drug-likeness (QED) is 0.889. The summed E-state index contributed by atoms with van der Waals surface area (Å²) in [5.41, 5.74) is 0. The molecule has 1 saturated carbocycles. The first kappa shape index (κ1) is 15.1. The molecule has 2 aromatic rings. The maximum absolute atomic E-state index is 10.7. The molecule has 3 rings (SSSR count). The van der Waals surface area contributed by atoms with Crippen LogP contribution in [-0.2, 0) is 6.54 Å². The van der Waals surface area contributed by atoms with E-state index in [1.165, 1.54) is 0 Å². The highest BCUT2D eigenvalue weighted by Crippen LogP contribution is 2.27. The number of nitrogens with one attached hydrogen (secondary N) is 1. The SMILES string of the molecule is CN(Cc1ncc[nH]1)[C@@H]1CCC[C@H](Oc2ccccc2)[C@H]1O. The van der Waals surface area contributed by atoms with Gasteiger partial charge in [-0.15, -0.1) is 0 Å². The van der Waals surface area contributed by atoms with Crippen LogP contribution in [0.4, 0.5) is 0 Å². The monoisotopic (exact) mass is 301 g/mol. The molecule has 0 bridgehead atoms. The lowest BCUT2D eigenvalue weighted by Gasteiger charge is -2.39. The fraction of sp³-hybridized carbons (Fsp3) is 0.471. The summed E-state index contributed by atoms with van der Waals surface area (Å²) >= 11 is 0. The summed E-state index contributed by atoms with van der Waals surface area (Å²) in [7, 11) is 2.03. The fourth-order valence-corrected chi connectivity index (χ4v) is 3.14. The highest BCUT2D eigenvalue weighted by atomic mass is 16.5. The van der Waals surface area contributed by atoms with Crippen LogP contribution in [0.2, 0.25) is 0 Å². The van der Waals surface area contributed by atoms with Gasteiger partial charge in [-0.2, -0.15) is 0 Å². The molecule has 0 radical (unpaired) electrons. The molecule has 22 heavy (non-hydrogen) atoms. The number of para-hydroxylation sites is 1. The van der Waals surface area contributed by atoms with Crippen LogP contribution in [0.25, 0.3) is 0 Å². The first-order chi connectivity index (χ1) is 10.7. The number of aliphatic hydroxyl groups excluding tert-OH is 1. The third-order valence-electron chi connectivity index (χ3n) is 4.31. The van der Waals surface area contributed by atoms with Gasteiger partial charge >= 0.3 is 0 Å². The van der Waals surface area contributed by atoms with Crippen molar-refractivity contribution in [1.29, 1.82) is 0 Å². The number of aliphatic hydroxyl groups is 1. The zero-order chi connectivity index (χ0) is 15.4. The minimum atomic E-state index is -0.492. The van der Waals surface area contributed by atoms with E-state index in [0.717, 1.165) is 30.8 Å². The summed E-state index contributed by atoms with van der Waals surface area (Å²) in [6, 6.07) is 9.82. The van der Waals surface area contributed by atoms with Gasteiger partial charge in [0.05, 0.1) is 6.54 Å². The maximum Gasteiger partial charge on any atom is 0.126 e. The van der Waals surface area contributed by atoms with Crippen LogP contribution in [0.5, 0.6) is 5.75 Å². The van der Waals surface area contributed by atoms with Crippen molar-refractivity contribution < 1.29 is 9.84 Å². The van der Waals surface area contributed by atoms with Gasteiger partial charge in [0.15, 0.2) is 0 Å². The first-order valence-electron chi connectivity index (χ1n) is 7.82. The molecule has 1 aliphatic rings. The van der Waals surface area contributed by atoms with E-state index in [0.29, 0.717) is 6.54 Å². The number of hydrogen-bond donors (Lipinski definition) is 2. The van der Waals surface area contributed by atoms with Crippen molar-refractivity contribution in [1.82, 2.24) is 14.9 Å². The lowest BCUT2D eigenvalue weighted by atomic mass is 9.89. The maximum atomic E-state index is 10.7. The van der Waals surface area contributed by atoms with Gasteiger partial charge in [0.2, 0.25) is 0 Å². The van der Waals surface area contributed by atoms with Crippen LogP contribution in [0.1, 0.15) is 25.1 Å². The van der Waals surface area contributed by atoms with Crippen molar-refractivity contribution in [2.24, 2.45) is 0 Å². The molecule has 0 saturated heterocycles. The van der Waals surface area contributed by atoms with E-state index in [1.54, 1.807) is 6.20 Å². The summed E-state index contributed by atoms with van der Waals surface area (Å²) in [5.74, 6) is 1.74. The molecule has 0 spiro atoms. The van der Waals surface area contributed by atoms with Crippen LogP contribution >= 0.6 is 0 Å². The Morgan fingerprint density at radius 3 is 2.86 bits per heavy atom. The lowest BCUT2D eigenvalue weighted by Crippen LogP contribution is -2.51. The van der Waals surface area contributed by atoms with Gasteiger partial charge in [0.25, 0.3) is 0 Å². The Kier molecular flexibility index (Phi) is 4.75. The lowest BCUT2D eigenvalue weighted by molar-refractivity contribution is -0.0495. The summed E-state index contributed by atoms with van der Waals surface area (Å²) in [5, 5.41) is 10.7. The Hall–Kier alpha value is -1.85. The van der Waals surface area contributed by atoms with E-state index in [1.807, 2.05) is 43.6 Å². The van der Waals surface area contributed by atoms with Crippen molar-refractivity contribution in [3.8, 4) is 5.75 Å². The Morgan fingerprint density at radius 1 is 1.32 bits per heavy atom. The van der Waals surface area contributed by atoms with E-state index >= 15 is 0 Å². The van der Waals surface area contributed by atoms with Crippen molar-refractivity contribution >= 4 is 0 Å². The number of aromatic nitrogens is 2. The van der Waals surface area contributed by atoms with Gasteiger partial charge in [-0.05, 0) is 38.4 Å². The third kappa shape index (κ3) is 3.48. The third-order valence-corrected chi connectivity index (χ3v) is 4.31. The molecule has 1 aromatic carbocycles. The molecular formula is C17H23N3O2. The number of likely N-dealkylation sites (N-methyl/N-ethyl adjacent to an activating group) is 1. The molecule has 5 heteroatoms. The smallest absolute Gasteiger partial charge is 0.126 e. The molecular weight excluding hydrogens is 278 g/mol. The van der Waals surface area contributed by atoms with Crippen LogP contribution in [0, 0.1) is 0 Å². The van der Waals surface area contributed by atoms with Gasteiger partial charge < -0.3 is 14.8 Å². The molecule has 5 nitrogen and oxygen atoms in total. The zero-order valence-electron chi connectivity index (χ0n) is 12.9. The summed E-state index contributed by atoms with van der Waals surface area (Å²) in [4.78, 5) is 9.52. The minimum absolute atomic E-state index is 0.0903. The van der Waals surface area contributed by atoms with Crippen LogP contribution in [-0.4, -0.2) is 45.3 Å². The van der Waals surface area contributed by atoms with Crippen LogP contribution in [0.3, 0.4) is 0 Å². The van der Waals surface area contributed by atoms with E-state index in [-0.39, 0.29) is 12.1 Å². The van der Waals surface area contributed by atoms with Crippen molar-refractivity contribution in [2.75, 3.05) is 7.05 Å². The molecule has 1 aromatic heterocycles. The number of nitrogens with zero attached hydrogens (tertiary/aromatic N) is 2. The largest absolute Gasteiger partial charge is 0.488 e. The highest BCUT2D eigenvalue weighted by Gasteiger charge is 2.35. The van der Waals surface area contributed by atoms with Crippen LogP contribution in [0.15, 0.2) is 42.7 Å². The minimum Gasteiger partial charge on any atom is -0.488 e. The Bertz CT molecular complexity index is 559. The molecule has 3 atom stereocenters. The molecule has 0 aliphatic heterocycles. The Morgan fingerprint density at radius 2 is 2.14 bits per heavy atom. The molecule has 1 fully saturated rings. The number of benzene rings is 1. The van der Waals surface area contributed by atoms with Crippen LogP contribution < -0.4 is 4.74 Å². The standard InChI is InChI=1S/C17H23N3O2/c1-20(12-16-18-10-11-19-16)14-8-5-9-15(17(14)21)22-13-6-3-2-4-7-13/h2-4,6-7,10-11,14-15,17,21H,5,8-9,12H2,1H3,(H,18,19)/t14-,15+,17+/m1/s1. The number of aromatic amines is 1. The first-order valence-corrected chi connectivity index (χ1v) is 7.82. The number of hydrogen-bond acceptors (Lipinski definition) is 4. The predicted octanol–water partition coefficient (Wildman–Crippen LogP) is 2.20. The van der Waals surface area contributed by atoms with Crippen molar-refractivity contribution in [3.05, 3.63) is 48.5 Å². The summed E-state index contributed by atoms with van der Waals surface area (Å²) in [6.07, 6.45) is 5.86. The van der Waals surface area contributed by atoms with Gasteiger partial charge in [-0.3, -0.25) is 4.90 Å². The molecule has 0 unspecified atom stereocenters. The molecule has 1 heterocycles. The zero-order valence-corrected chi connectivity index (χ0v) is 12.9. The second-order valence-corrected chi connectivity index (χ2v) is 5.91. The Balaban J connectivity index is 1.63. The molecule has 118 valence electrons. The van der Waals surface area contributed by atoms with E-state index in [9.17, 15) is 5.11 Å². The predicted molar refractivity (Wildman–Crippen MR) is 84.6 cm³/mol. The van der Waals surface area contributed by atoms with Crippen molar-refractivity contribution in [2.45, 2.75) is 44.1 Å². The van der Waals surface area contributed by atoms with E-state index in [4.69, 9.17) is 4.74 Å². The summed E-state index contributed by atoms with van der Waals surface area (Å²) in [6.45, 7) is 0.701. The normalized spacial score (nSPS) is 25.3. The molecule has 1 aliphatic carbocycles. The van der Waals surface area contributed by atoms with E-state index < -0.39 is 6.10 Å². The fourth-order valence-electron chi connectivity index (χ4n) is 3.14. The highest BCUT2D eigenvalue weighted by molar-refractivity contribution is 5.21. The average Bonchev–Trinajstić information content (AvgIpc) is 3.03. The number of H-pyrrole nitrogens is 1. The van der Waals surface area contributed by atoms with Gasteiger partial charge in [0.1, 0.15) is 23.8 Å². The molecule has 2 N–H and O–H groups in total. The topological polar surface area (TPSA) is 61.4 Å². The van der Waals surface area contributed by atoms with Gasteiger partial charge in [0, 0.05) is 18.4 Å². The Labute approximate surface area is 130 Å². The van der Waals surface area contributed by atoms with Gasteiger partial charge in [-0.1, -0.05) is 18.2 Å². The average molecular weight is 301 g/mol.